The number of nitrogens with zero attached hydrogens (tertiary/aromatic N) is 2. The Morgan fingerprint density at radius 3 is 2.33 bits per heavy atom. The van der Waals surface area contributed by atoms with E-state index < -0.39 is 0 Å². The highest BCUT2D eigenvalue weighted by atomic mass is 16.2. The average molecular weight is 330 g/mol. The van der Waals surface area contributed by atoms with E-state index in [1.807, 2.05) is 19.9 Å². The predicted molar refractivity (Wildman–Crippen MR) is 95.4 cm³/mol. The molecule has 1 aromatic carbocycles. The third kappa shape index (κ3) is 6.04. The number of carbonyl (C=O) groups is 2. The largest absolute Gasteiger partial charge is 0.369 e. The first-order valence-electron chi connectivity index (χ1n) is 8.30. The Kier molecular flexibility index (Phi) is 6.81. The molecule has 2 N–H and O–H groups in total. The normalized spacial score (nSPS) is 14.8. The molecule has 0 saturated carbocycles. The first-order valence-corrected chi connectivity index (χ1v) is 8.30. The zero-order chi connectivity index (χ0) is 17.4. The van der Waals surface area contributed by atoms with Crippen molar-refractivity contribution in [3.05, 3.63) is 42.0 Å². The number of nitrogens with one attached hydrogen (secondary N) is 2. The van der Waals surface area contributed by atoms with Gasteiger partial charge in [-0.1, -0.05) is 23.8 Å². The fraction of sp³-hybridized carbons (Fsp3) is 0.444. The number of hydrazine groups is 1. The monoisotopic (exact) mass is 330 g/mol. The number of benzene rings is 1. The predicted octanol–water partition coefficient (Wildman–Crippen LogP) is 1.31. The van der Waals surface area contributed by atoms with Crippen LogP contribution in [0.4, 0.5) is 5.69 Å². The molecule has 6 heteroatoms. The van der Waals surface area contributed by atoms with Crippen LogP contribution in [0.1, 0.15) is 20.3 Å². The molecule has 1 fully saturated rings. The van der Waals surface area contributed by atoms with Gasteiger partial charge in [0.2, 0.25) is 5.91 Å². The van der Waals surface area contributed by atoms with E-state index >= 15 is 0 Å². The lowest BCUT2D eigenvalue weighted by Gasteiger charge is -2.36. The summed E-state index contributed by atoms with van der Waals surface area (Å²) in [6.07, 6.45) is 1.82. The molecule has 1 aliphatic rings. The summed E-state index contributed by atoms with van der Waals surface area (Å²) in [4.78, 5) is 27.8. The minimum atomic E-state index is -0.306. The lowest BCUT2D eigenvalue weighted by molar-refractivity contribution is -0.127. The van der Waals surface area contributed by atoms with Crippen LogP contribution in [0, 0.1) is 0 Å². The number of hydrogen-bond acceptors (Lipinski definition) is 4. The van der Waals surface area contributed by atoms with Crippen LogP contribution in [0.3, 0.4) is 0 Å². The van der Waals surface area contributed by atoms with Crippen LogP contribution in [0.25, 0.3) is 0 Å². The average Bonchev–Trinajstić information content (AvgIpc) is 2.59. The number of amides is 2. The molecule has 0 spiro atoms. The van der Waals surface area contributed by atoms with Gasteiger partial charge in [0, 0.05) is 50.9 Å². The minimum absolute atomic E-state index is 0.170. The molecule has 0 radical (unpaired) electrons. The van der Waals surface area contributed by atoms with Gasteiger partial charge < -0.3 is 4.90 Å². The van der Waals surface area contributed by atoms with Crippen molar-refractivity contribution in [3.8, 4) is 0 Å². The van der Waals surface area contributed by atoms with Crippen molar-refractivity contribution in [2.75, 3.05) is 37.6 Å². The molecule has 6 nitrogen and oxygen atoms in total. The van der Waals surface area contributed by atoms with E-state index in [1.165, 1.54) is 11.8 Å². The molecule has 1 aliphatic heterocycles. The summed E-state index contributed by atoms with van der Waals surface area (Å²) in [5.74, 6) is -0.476. The van der Waals surface area contributed by atoms with Gasteiger partial charge in [0.25, 0.3) is 5.91 Å². The van der Waals surface area contributed by atoms with E-state index in [1.54, 1.807) is 0 Å². The number of anilines is 1. The summed E-state index contributed by atoms with van der Waals surface area (Å²) in [6, 6.07) is 10.4. The van der Waals surface area contributed by atoms with Crippen molar-refractivity contribution < 1.29 is 9.59 Å². The number of allylic oxidation sites excluding steroid dienone is 1. The second-order valence-electron chi connectivity index (χ2n) is 6.17. The van der Waals surface area contributed by atoms with Gasteiger partial charge in [0.05, 0.1) is 0 Å². The Hall–Kier alpha value is -2.34. The highest BCUT2D eigenvalue weighted by molar-refractivity contribution is 5.90. The highest BCUT2D eigenvalue weighted by Gasteiger charge is 2.17. The Morgan fingerprint density at radius 2 is 1.71 bits per heavy atom. The van der Waals surface area contributed by atoms with Crippen molar-refractivity contribution in [2.24, 2.45) is 0 Å². The maximum absolute atomic E-state index is 11.8. The summed E-state index contributed by atoms with van der Waals surface area (Å²) < 4.78 is 0. The molecule has 0 aliphatic carbocycles. The molecular formula is C18H26N4O2. The standard InChI is InChI=1S/C18H26N4O2/c1-15(2)14-18(24)20-19-17(23)8-9-21-10-12-22(13-11-21)16-6-4-3-5-7-16/h3-7,14H,8-13H2,1-2H3,(H,19,23)(H,20,24). The third-order valence-electron chi connectivity index (χ3n) is 3.89. The molecule has 1 saturated heterocycles. The van der Waals surface area contributed by atoms with Crippen LogP contribution in [0.15, 0.2) is 42.0 Å². The van der Waals surface area contributed by atoms with Crippen LogP contribution < -0.4 is 15.8 Å². The van der Waals surface area contributed by atoms with Crippen molar-refractivity contribution in [3.63, 3.8) is 0 Å². The molecular weight excluding hydrogens is 304 g/mol. The molecule has 0 bridgehead atoms. The number of carbonyl (C=O) groups excluding carboxylic acids is 2. The van der Waals surface area contributed by atoms with Gasteiger partial charge in [-0.05, 0) is 26.0 Å². The Labute approximate surface area is 143 Å². The van der Waals surface area contributed by atoms with Crippen LogP contribution in [-0.2, 0) is 9.59 Å². The van der Waals surface area contributed by atoms with E-state index in [4.69, 9.17) is 0 Å². The lowest BCUT2D eigenvalue weighted by Crippen LogP contribution is -2.48. The Bertz CT molecular complexity index is 574. The summed E-state index contributed by atoms with van der Waals surface area (Å²) in [7, 11) is 0. The summed E-state index contributed by atoms with van der Waals surface area (Å²) in [6.45, 7) is 8.16. The van der Waals surface area contributed by atoms with Gasteiger partial charge >= 0.3 is 0 Å². The van der Waals surface area contributed by atoms with Crippen LogP contribution in [-0.4, -0.2) is 49.4 Å². The van der Waals surface area contributed by atoms with Crippen molar-refractivity contribution >= 4 is 17.5 Å². The number of piperazine rings is 1. The maximum atomic E-state index is 11.8. The number of hydrogen-bond donors (Lipinski definition) is 2. The SMILES string of the molecule is CC(C)=CC(=O)NNC(=O)CCN1CCN(c2ccccc2)CC1. The van der Waals surface area contributed by atoms with Crippen LogP contribution >= 0.6 is 0 Å². The highest BCUT2D eigenvalue weighted by Crippen LogP contribution is 2.15. The van der Waals surface area contributed by atoms with Crippen molar-refractivity contribution in [1.29, 1.82) is 0 Å². The first-order chi connectivity index (χ1) is 11.5. The van der Waals surface area contributed by atoms with Gasteiger partial charge in [-0.15, -0.1) is 0 Å². The zero-order valence-corrected chi connectivity index (χ0v) is 14.4. The summed E-state index contributed by atoms with van der Waals surface area (Å²) in [5, 5.41) is 0. The fourth-order valence-corrected chi connectivity index (χ4v) is 2.62. The van der Waals surface area contributed by atoms with Crippen molar-refractivity contribution in [2.45, 2.75) is 20.3 Å². The van der Waals surface area contributed by atoms with Crippen molar-refractivity contribution in [1.82, 2.24) is 15.8 Å². The van der Waals surface area contributed by atoms with Gasteiger partial charge in [-0.25, -0.2) is 0 Å². The van der Waals surface area contributed by atoms with Gasteiger partial charge in [-0.3, -0.25) is 25.3 Å². The molecule has 130 valence electrons. The molecule has 1 heterocycles. The topological polar surface area (TPSA) is 64.7 Å². The zero-order valence-electron chi connectivity index (χ0n) is 14.4. The molecule has 2 amide bonds. The smallest absolute Gasteiger partial charge is 0.262 e. The maximum Gasteiger partial charge on any atom is 0.262 e. The quantitative estimate of drug-likeness (QED) is 0.631. The molecule has 2 rings (SSSR count). The van der Waals surface area contributed by atoms with Gasteiger partial charge in [0.15, 0.2) is 0 Å². The second-order valence-corrected chi connectivity index (χ2v) is 6.17. The van der Waals surface area contributed by atoms with Gasteiger partial charge in [-0.2, -0.15) is 0 Å². The van der Waals surface area contributed by atoms with E-state index in [0.29, 0.717) is 13.0 Å². The molecule has 0 unspecified atom stereocenters. The number of para-hydroxylation sites is 1. The fourth-order valence-electron chi connectivity index (χ4n) is 2.62. The van der Waals surface area contributed by atoms with E-state index in [2.05, 4.69) is 44.9 Å². The summed E-state index contributed by atoms with van der Waals surface area (Å²) >= 11 is 0. The molecule has 24 heavy (non-hydrogen) atoms. The molecule has 0 atom stereocenters. The second kappa shape index (κ2) is 9.08. The van der Waals surface area contributed by atoms with Gasteiger partial charge in [0.1, 0.15) is 0 Å². The summed E-state index contributed by atoms with van der Waals surface area (Å²) in [5.41, 5.74) is 6.96. The lowest BCUT2D eigenvalue weighted by atomic mass is 10.2. The van der Waals surface area contributed by atoms with E-state index in [-0.39, 0.29) is 11.8 Å². The minimum Gasteiger partial charge on any atom is -0.369 e. The number of rotatable bonds is 5. The molecule has 1 aromatic rings. The first kappa shape index (κ1) is 18.0. The van der Waals surface area contributed by atoms with Crippen LogP contribution in [0.2, 0.25) is 0 Å². The third-order valence-corrected chi connectivity index (χ3v) is 3.89. The van der Waals surface area contributed by atoms with E-state index in [0.717, 1.165) is 31.8 Å². The van der Waals surface area contributed by atoms with Crippen LogP contribution in [0.5, 0.6) is 0 Å². The van der Waals surface area contributed by atoms with E-state index in [9.17, 15) is 9.59 Å². The Balaban J connectivity index is 1.64. The molecule has 0 aromatic heterocycles. The Morgan fingerprint density at radius 1 is 1.04 bits per heavy atom.